The zero-order valence-corrected chi connectivity index (χ0v) is 12.0. The summed E-state index contributed by atoms with van der Waals surface area (Å²) < 4.78 is 6.52. The number of benzene rings is 1. The van der Waals surface area contributed by atoms with Crippen LogP contribution in [-0.4, -0.2) is 28.9 Å². The minimum absolute atomic E-state index is 0.401. The Hall–Kier alpha value is -2.14. The second-order valence-electron chi connectivity index (χ2n) is 4.84. The maximum Gasteiger partial charge on any atom is 0.322 e. The predicted molar refractivity (Wildman–Crippen MR) is 76.7 cm³/mol. The number of rotatable bonds is 4. The molecule has 0 bridgehead atoms. The quantitative estimate of drug-likeness (QED) is 0.858. The third-order valence-corrected chi connectivity index (χ3v) is 3.12. The first-order valence-electron chi connectivity index (χ1n) is 6.47. The van der Waals surface area contributed by atoms with E-state index in [1.165, 1.54) is 7.11 Å². The molecule has 1 unspecified atom stereocenters. The second kappa shape index (κ2) is 5.88. The van der Waals surface area contributed by atoms with Gasteiger partial charge < -0.3 is 10.5 Å². The van der Waals surface area contributed by atoms with Crippen molar-refractivity contribution in [2.45, 2.75) is 26.3 Å². The number of carbonyl (C=O) groups is 1. The summed E-state index contributed by atoms with van der Waals surface area (Å²) in [6, 6.07) is 9.22. The first kappa shape index (κ1) is 14.3. The van der Waals surface area contributed by atoms with Gasteiger partial charge in [-0.05, 0) is 44.0 Å². The number of carbonyl (C=O) groups excluding carboxylic acids is 1. The zero-order chi connectivity index (χ0) is 14.7. The zero-order valence-electron chi connectivity index (χ0n) is 12.0. The Morgan fingerprint density at radius 1 is 1.40 bits per heavy atom. The molecule has 2 aromatic rings. The van der Waals surface area contributed by atoms with Crippen LogP contribution in [0.4, 0.5) is 0 Å². The van der Waals surface area contributed by atoms with Crippen LogP contribution in [0.2, 0.25) is 0 Å². The van der Waals surface area contributed by atoms with E-state index in [1.807, 2.05) is 48.9 Å². The Balaban J connectivity index is 2.24. The maximum atomic E-state index is 11.4. The lowest BCUT2D eigenvalue weighted by atomic mass is 10.1. The van der Waals surface area contributed by atoms with E-state index in [0.717, 1.165) is 22.6 Å². The maximum absolute atomic E-state index is 11.4. The van der Waals surface area contributed by atoms with E-state index in [1.54, 1.807) is 0 Å². The average molecular weight is 273 g/mol. The van der Waals surface area contributed by atoms with Crippen molar-refractivity contribution >= 4 is 5.97 Å². The van der Waals surface area contributed by atoms with Crippen molar-refractivity contribution in [2.24, 2.45) is 5.73 Å². The first-order chi connectivity index (χ1) is 9.51. The van der Waals surface area contributed by atoms with Gasteiger partial charge in [-0.3, -0.25) is 4.79 Å². The Morgan fingerprint density at radius 3 is 2.75 bits per heavy atom. The predicted octanol–water partition coefficient (Wildman–Crippen LogP) is 1.53. The van der Waals surface area contributed by atoms with Crippen molar-refractivity contribution in [3.63, 3.8) is 0 Å². The number of ether oxygens (including phenoxy) is 1. The molecule has 5 nitrogen and oxygen atoms in total. The molecule has 0 fully saturated rings. The summed E-state index contributed by atoms with van der Waals surface area (Å²) in [6.07, 6.45) is 0.444. The first-order valence-corrected chi connectivity index (χ1v) is 6.47. The number of nitrogens with two attached hydrogens (primary N) is 1. The molecule has 1 aromatic carbocycles. The van der Waals surface area contributed by atoms with Gasteiger partial charge in [0.1, 0.15) is 6.04 Å². The van der Waals surface area contributed by atoms with Gasteiger partial charge in [0.05, 0.1) is 18.5 Å². The smallest absolute Gasteiger partial charge is 0.322 e. The Kier molecular flexibility index (Phi) is 4.20. The fraction of sp³-hybridized carbons (Fsp3) is 0.333. The molecule has 2 N–H and O–H groups in total. The van der Waals surface area contributed by atoms with Crippen LogP contribution in [0.1, 0.15) is 17.0 Å². The van der Waals surface area contributed by atoms with E-state index in [9.17, 15) is 4.79 Å². The molecular weight excluding hydrogens is 254 g/mol. The van der Waals surface area contributed by atoms with Crippen molar-refractivity contribution in [1.29, 1.82) is 0 Å². The fourth-order valence-electron chi connectivity index (χ4n) is 2.19. The highest BCUT2D eigenvalue weighted by molar-refractivity contribution is 5.75. The van der Waals surface area contributed by atoms with Crippen LogP contribution in [0, 0.1) is 13.8 Å². The molecule has 2 rings (SSSR count). The molecule has 0 radical (unpaired) electrons. The molecule has 0 aliphatic heterocycles. The van der Waals surface area contributed by atoms with Gasteiger partial charge >= 0.3 is 5.97 Å². The van der Waals surface area contributed by atoms with Gasteiger partial charge in [-0.15, -0.1) is 0 Å². The van der Waals surface area contributed by atoms with Crippen LogP contribution in [0.3, 0.4) is 0 Å². The van der Waals surface area contributed by atoms with Crippen molar-refractivity contribution in [1.82, 2.24) is 9.78 Å². The van der Waals surface area contributed by atoms with E-state index in [4.69, 9.17) is 5.73 Å². The molecule has 0 saturated carbocycles. The summed E-state index contributed by atoms with van der Waals surface area (Å²) in [5, 5.41) is 4.45. The van der Waals surface area contributed by atoms with E-state index in [-0.39, 0.29) is 0 Å². The highest BCUT2D eigenvalue weighted by Crippen LogP contribution is 2.14. The lowest BCUT2D eigenvalue weighted by Gasteiger charge is -2.11. The summed E-state index contributed by atoms with van der Waals surface area (Å²) in [4.78, 5) is 11.4. The molecule has 0 spiro atoms. The molecule has 1 heterocycles. The van der Waals surface area contributed by atoms with Crippen LogP contribution in [0.15, 0.2) is 30.3 Å². The molecule has 1 aromatic heterocycles. The van der Waals surface area contributed by atoms with Crippen molar-refractivity contribution in [3.05, 3.63) is 47.3 Å². The molecule has 5 heteroatoms. The molecule has 1 atom stereocenters. The summed E-state index contributed by atoms with van der Waals surface area (Å²) in [7, 11) is 1.34. The van der Waals surface area contributed by atoms with Gasteiger partial charge in [-0.2, -0.15) is 5.10 Å². The third kappa shape index (κ3) is 3.05. The molecule has 0 aliphatic rings. The summed E-state index contributed by atoms with van der Waals surface area (Å²) in [5.41, 5.74) is 9.77. The Bertz CT molecular complexity index is 619. The van der Waals surface area contributed by atoms with E-state index in [0.29, 0.717) is 6.42 Å². The summed E-state index contributed by atoms with van der Waals surface area (Å²) >= 11 is 0. The number of nitrogens with zero attached hydrogens (tertiary/aromatic N) is 2. The van der Waals surface area contributed by atoms with Crippen LogP contribution >= 0.6 is 0 Å². The van der Waals surface area contributed by atoms with Crippen molar-refractivity contribution in [3.8, 4) is 5.69 Å². The fourth-order valence-corrected chi connectivity index (χ4v) is 2.19. The molecule has 0 aliphatic carbocycles. The van der Waals surface area contributed by atoms with Gasteiger partial charge in [0.25, 0.3) is 0 Å². The largest absolute Gasteiger partial charge is 0.468 e. The standard InChI is InChI=1S/C15H19N3O2/c1-10-7-11(2)18(17-10)13-6-4-5-12(8-13)9-14(16)15(19)20-3/h4-8,14H,9,16H2,1-3H3. The van der Waals surface area contributed by atoms with E-state index in [2.05, 4.69) is 9.84 Å². The Labute approximate surface area is 118 Å². The van der Waals surface area contributed by atoms with Crippen LogP contribution in [-0.2, 0) is 16.0 Å². The number of hydrogen-bond acceptors (Lipinski definition) is 4. The molecule has 20 heavy (non-hydrogen) atoms. The highest BCUT2D eigenvalue weighted by atomic mass is 16.5. The normalized spacial score (nSPS) is 12.2. The molecular formula is C15H19N3O2. The van der Waals surface area contributed by atoms with Crippen molar-refractivity contribution in [2.75, 3.05) is 7.11 Å². The van der Waals surface area contributed by atoms with Gasteiger partial charge in [0.2, 0.25) is 0 Å². The van der Waals surface area contributed by atoms with Crippen LogP contribution in [0.25, 0.3) is 5.69 Å². The Morgan fingerprint density at radius 2 is 2.15 bits per heavy atom. The number of hydrogen-bond donors (Lipinski definition) is 1. The third-order valence-electron chi connectivity index (χ3n) is 3.12. The van der Waals surface area contributed by atoms with Crippen LogP contribution in [0.5, 0.6) is 0 Å². The lowest BCUT2D eigenvalue weighted by Crippen LogP contribution is -2.33. The average Bonchev–Trinajstić information content (AvgIpc) is 2.77. The molecule has 106 valence electrons. The minimum Gasteiger partial charge on any atom is -0.468 e. The van der Waals surface area contributed by atoms with E-state index < -0.39 is 12.0 Å². The molecule has 0 amide bonds. The lowest BCUT2D eigenvalue weighted by molar-refractivity contribution is -0.142. The minimum atomic E-state index is -0.643. The van der Waals surface area contributed by atoms with Crippen molar-refractivity contribution < 1.29 is 9.53 Å². The van der Waals surface area contributed by atoms with E-state index >= 15 is 0 Å². The second-order valence-corrected chi connectivity index (χ2v) is 4.84. The summed E-state index contributed by atoms with van der Waals surface area (Å²) in [5.74, 6) is -0.401. The number of aromatic nitrogens is 2. The number of esters is 1. The number of methoxy groups -OCH3 is 1. The van der Waals surface area contributed by atoms with Gasteiger partial charge in [-0.1, -0.05) is 12.1 Å². The monoisotopic (exact) mass is 273 g/mol. The topological polar surface area (TPSA) is 70.1 Å². The number of aryl methyl sites for hydroxylation is 2. The summed E-state index contributed by atoms with van der Waals surface area (Å²) in [6.45, 7) is 3.97. The highest BCUT2D eigenvalue weighted by Gasteiger charge is 2.14. The van der Waals surface area contributed by atoms with Gasteiger partial charge in [0.15, 0.2) is 0 Å². The SMILES string of the molecule is COC(=O)C(N)Cc1cccc(-n2nc(C)cc2C)c1. The molecule has 0 saturated heterocycles. The van der Waals surface area contributed by atoms with Crippen LogP contribution < -0.4 is 5.73 Å². The van der Waals surface area contributed by atoms with Gasteiger partial charge in [0, 0.05) is 5.69 Å². The van der Waals surface area contributed by atoms with Gasteiger partial charge in [-0.25, -0.2) is 4.68 Å².